The van der Waals surface area contributed by atoms with Gasteiger partial charge in [-0.25, -0.2) is 0 Å². The minimum absolute atomic E-state index is 0.219. The van der Waals surface area contributed by atoms with E-state index in [1.807, 2.05) is 55.5 Å². The summed E-state index contributed by atoms with van der Waals surface area (Å²) in [6, 6.07) is 22.1. The number of esters is 1. The first kappa shape index (κ1) is 22.8. The normalized spacial score (nSPS) is 11.2. The Kier molecular flexibility index (Phi) is 8.62. The molecule has 0 fully saturated rings. The fourth-order valence-corrected chi connectivity index (χ4v) is 2.75. The summed E-state index contributed by atoms with van der Waals surface area (Å²) in [5.41, 5.74) is 3.95. The summed E-state index contributed by atoms with van der Waals surface area (Å²) in [6.45, 7) is 4.97. The average Bonchev–Trinajstić information content (AvgIpc) is 2.83. The molecule has 0 heterocycles. The van der Waals surface area contributed by atoms with Crippen LogP contribution in [0.1, 0.15) is 33.1 Å². The van der Waals surface area contributed by atoms with E-state index in [-0.39, 0.29) is 5.97 Å². The lowest BCUT2D eigenvalue weighted by Crippen LogP contribution is -2.06. The van der Waals surface area contributed by atoms with E-state index < -0.39 is 0 Å². The highest BCUT2D eigenvalue weighted by Crippen LogP contribution is 2.25. The summed E-state index contributed by atoms with van der Waals surface area (Å²) in [7, 11) is 0. The van der Waals surface area contributed by atoms with Gasteiger partial charge >= 0.3 is 5.97 Å². The quantitative estimate of drug-likeness (QED) is 0.201. The maximum Gasteiger partial charge on any atom is 0.311 e. The number of anilines is 1. The zero-order chi connectivity index (χ0) is 22.6. The highest BCUT2D eigenvalue weighted by atomic mass is 16.5. The largest absolute Gasteiger partial charge is 0.427 e. The number of unbranched alkanes of at least 4 members (excludes halogenated alkanes) is 1. The third kappa shape index (κ3) is 7.43. The first-order valence-corrected chi connectivity index (χ1v) is 10.7. The molecule has 0 radical (unpaired) electrons. The number of benzene rings is 3. The van der Waals surface area contributed by atoms with Crippen LogP contribution in [0.3, 0.4) is 0 Å². The van der Waals surface area contributed by atoms with Crippen LogP contribution in [0, 0.1) is 0 Å². The Labute approximate surface area is 188 Å². The van der Waals surface area contributed by atoms with Gasteiger partial charge < -0.3 is 10.1 Å². The van der Waals surface area contributed by atoms with Gasteiger partial charge in [0.25, 0.3) is 0 Å². The van der Waals surface area contributed by atoms with Crippen LogP contribution in [0.15, 0.2) is 93.3 Å². The second kappa shape index (κ2) is 12.1. The number of rotatable bonds is 10. The molecule has 0 aliphatic carbocycles. The van der Waals surface area contributed by atoms with Crippen LogP contribution in [0.5, 0.6) is 5.75 Å². The Morgan fingerprint density at radius 3 is 1.59 bits per heavy atom. The first-order chi connectivity index (χ1) is 15.7. The number of carbonyl (C=O) groups excluding carboxylic acids is 1. The number of ether oxygens (including phenoxy) is 1. The molecule has 7 heteroatoms. The Morgan fingerprint density at radius 1 is 0.719 bits per heavy atom. The molecule has 7 nitrogen and oxygen atoms in total. The SMILES string of the molecule is CCCCC(=O)Oc1ccc(N=Nc2ccc(N=Nc3ccc(NCC)cc3)cc2)cc1. The van der Waals surface area contributed by atoms with Crippen LogP contribution in [-0.4, -0.2) is 12.5 Å². The van der Waals surface area contributed by atoms with E-state index in [0.717, 1.165) is 36.4 Å². The molecule has 0 spiro atoms. The van der Waals surface area contributed by atoms with Crippen molar-refractivity contribution in [2.75, 3.05) is 11.9 Å². The van der Waals surface area contributed by atoms with E-state index in [1.54, 1.807) is 24.3 Å². The van der Waals surface area contributed by atoms with Gasteiger partial charge in [-0.1, -0.05) is 13.3 Å². The topological polar surface area (TPSA) is 87.8 Å². The molecule has 0 aromatic heterocycles. The van der Waals surface area contributed by atoms with E-state index in [2.05, 4.69) is 32.7 Å². The molecule has 3 aromatic rings. The van der Waals surface area contributed by atoms with Gasteiger partial charge in [0.15, 0.2) is 0 Å². The average molecular weight is 430 g/mol. The third-order valence-corrected chi connectivity index (χ3v) is 4.46. The van der Waals surface area contributed by atoms with Crippen molar-refractivity contribution >= 4 is 34.4 Å². The lowest BCUT2D eigenvalue weighted by Gasteiger charge is -2.03. The molecule has 3 rings (SSSR count). The molecule has 1 N–H and O–H groups in total. The lowest BCUT2D eigenvalue weighted by molar-refractivity contribution is -0.134. The molecular weight excluding hydrogens is 402 g/mol. The van der Waals surface area contributed by atoms with Crippen LogP contribution in [0.25, 0.3) is 0 Å². The number of nitrogens with zero attached hydrogens (tertiary/aromatic N) is 4. The molecular formula is C25H27N5O2. The Morgan fingerprint density at radius 2 is 1.16 bits per heavy atom. The van der Waals surface area contributed by atoms with Gasteiger partial charge in [0.1, 0.15) is 5.75 Å². The van der Waals surface area contributed by atoms with Crippen molar-refractivity contribution in [3.05, 3.63) is 72.8 Å². The number of hydrogen-bond acceptors (Lipinski definition) is 7. The van der Waals surface area contributed by atoms with Gasteiger partial charge in [-0.2, -0.15) is 20.5 Å². The molecule has 0 aliphatic heterocycles. The predicted molar refractivity (Wildman–Crippen MR) is 127 cm³/mol. The van der Waals surface area contributed by atoms with Gasteiger partial charge in [0.05, 0.1) is 22.7 Å². The lowest BCUT2D eigenvalue weighted by atomic mass is 10.2. The summed E-state index contributed by atoms with van der Waals surface area (Å²) in [6.07, 6.45) is 2.22. The second-order valence-corrected chi connectivity index (χ2v) is 7.07. The summed E-state index contributed by atoms with van der Waals surface area (Å²) < 4.78 is 5.29. The summed E-state index contributed by atoms with van der Waals surface area (Å²) >= 11 is 0. The van der Waals surface area contributed by atoms with Crippen LogP contribution in [0.2, 0.25) is 0 Å². The molecule has 0 saturated carbocycles. The van der Waals surface area contributed by atoms with Gasteiger partial charge in [0, 0.05) is 18.7 Å². The maximum atomic E-state index is 11.7. The summed E-state index contributed by atoms with van der Waals surface area (Å²) in [5.74, 6) is 0.292. The van der Waals surface area contributed by atoms with E-state index in [9.17, 15) is 4.79 Å². The van der Waals surface area contributed by atoms with E-state index >= 15 is 0 Å². The monoisotopic (exact) mass is 429 g/mol. The van der Waals surface area contributed by atoms with Crippen molar-refractivity contribution in [3.63, 3.8) is 0 Å². The van der Waals surface area contributed by atoms with Gasteiger partial charge in [0.2, 0.25) is 0 Å². The maximum absolute atomic E-state index is 11.7. The molecule has 164 valence electrons. The van der Waals surface area contributed by atoms with Gasteiger partial charge in [-0.3, -0.25) is 4.79 Å². The zero-order valence-corrected chi connectivity index (χ0v) is 18.4. The van der Waals surface area contributed by atoms with Gasteiger partial charge in [-0.15, -0.1) is 0 Å². The molecule has 0 aliphatic rings. The highest BCUT2D eigenvalue weighted by Gasteiger charge is 2.04. The molecule has 0 bridgehead atoms. The third-order valence-electron chi connectivity index (χ3n) is 4.46. The first-order valence-electron chi connectivity index (χ1n) is 10.7. The van der Waals surface area contributed by atoms with E-state index in [4.69, 9.17) is 4.74 Å². The fraction of sp³-hybridized carbons (Fsp3) is 0.240. The standard InChI is InChI=1S/C25H27N5O2/c1-3-5-6-25(31)32-24-17-15-23(16-18-24)30-29-22-13-11-21(12-14-22)28-27-20-9-7-19(8-10-20)26-4-2/h7-18,26H,3-6H2,1-2H3. The van der Waals surface area contributed by atoms with Crippen LogP contribution in [-0.2, 0) is 4.79 Å². The minimum Gasteiger partial charge on any atom is -0.427 e. The number of carbonyl (C=O) groups is 1. The van der Waals surface area contributed by atoms with E-state index in [1.165, 1.54) is 0 Å². The summed E-state index contributed by atoms with van der Waals surface area (Å²) in [4.78, 5) is 11.7. The molecule has 32 heavy (non-hydrogen) atoms. The highest BCUT2D eigenvalue weighted by molar-refractivity contribution is 5.72. The zero-order valence-electron chi connectivity index (χ0n) is 18.4. The fourth-order valence-electron chi connectivity index (χ4n) is 2.75. The Hall–Kier alpha value is -3.87. The van der Waals surface area contributed by atoms with Crippen molar-refractivity contribution in [2.45, 2.75) is 33.1 Å². The van der Waals surface area contributed by atoms with Crippen LogP contribution >= 0.6 is 0 Å². The number of azo groups is 2. The summed E-state index contributed by atoms with van der Waals surface area (Å²) in [5, 5.41) is 20.2. The molecule has 3 aromatic carbocycles. The van der Waals surface area contributed by atoms with Crippen molar-refractivity contribution in [3.8, 4) is 5.75 Å². The molecule has 0 unspecified atom stereocenters. The van der Waals surface area contributed by atoms with Crippen molar-refractivity contribution in [2.24, 2.45) is 20.5 Å². The molecule has 0 atom stereocenters. The number of hydrogen-bond donors (Lipinski definition) is 1. The smallest absolute Gasteiger partial charge is 0.311 e. The van der Waals surface area contributed by atoms with Crippen molar-refractivity contribution in [1.29, 1.82) is 0 Å². The van der Waals surface area contributed by atoms with Crippen LogP contribution in [0.4, 0.5) is 28.4 Å². The molecule has 0 saturated heterocycles. The Bertz CT molecular complexity index is 1040. The number of nitrogens with one attached hydrogen (secondary N) is 1. The van der Waals surface area contributed by atoms with Crippen LogP contribution < -0.4 is 10.1 Å². The molecule has 0 amide bonds. The van der Waals surface area contributed by atoms with Crippen molar-refractivity contribution < 1.29 is 9.53 Å². The second-order valence-electron chi connectivity index (χ2n) is 7.07. The van der Waals surface area contributed by atoms with Gasteiger partial charge in [-0.05, 0) is 86.1 Å². The predicted octanol–water partition coefficient (Wildman–Crippen LogP) is 8.04. The van der Waals surface area contributed by atoms with E-state index in [0.29, 0.717) is 23.5 Å². The minimum atomic E-state index is -0.219. The Balaban J connectivity index is 1.54. The van der Waals surface area contributed by atoms with Crippen molar-refractivity contribution in [1.82, 2.24) is 0 Å².